The van der Waals surface area contributed by atoms with Crippen molar-refractivity contribution >= 4 is 68.7 Å². The molecule has 2 unspecified atom stereocenters. The number of nitrogens with two attached hydrogens (primary N) is 1. The zero-order valence-electron chi connectivity index (χ0n) is 45.4. The first-order chi connectivity index (χ1) is 38.6. The average Bonchev–Trinajstić information content (AvgIpc) is 3.31. The molecule has 2 aromatic heterocycles. The van der Waals surface area contributed by atoms with Crippen LogP contribution in [0, 0.1) is 6.92 Å². The van der Waals surface area contributed by atoms with E-state index in [1.807, 2.05) is 79.4 Å². The minimum absolute atomic E-state index is 0.0260. The van der Waals surface area contributed by atoms with Crippen LogP contribution >= 0.6 is 7.82 Å². The zero-order chi connectivity index (χ0) is 57.9. The molecule has 4 aliphatic heterocycles. The number of amides is 1. The summed E-state index contributed by atoms with van der Waals surface area (Å²) in [6.45, 7) is 10.4. The molecule has 434 valence electrons. The molecule has 7 N–H and O–H groups in total. The summed E-state index contributed by atoms with van der Waals surface area (Å²) < 4.78 is 110. The van der Waals surface area contributed by atoms with Crippen molar-refractivity contribution in [3.8, 4) is 22.6 Å². The Morgan fingerprint density at radius 3 is 2.48 bits per heavy atom. The summed E-state index contributed by atoms with van der Waals surface area (Å²) in [4.78, 5) is 37.8. The van der Waals surface area contributed by atoms with Crippen LogP contribution in [0.25, 0.3) is 39.9 Å². The van der Waals surface area contributed by atoms with Gasteiger partial charge in [-0.25, -0.2) is 32.5 Å². The summed E-state index contributed by atoms with van der Waals surface area (Å²) in [6, 6.07) is 20.2. The van der Waals surface area contributed by atoms with Crippen molar-refractivity contribution in [2.24, 2.45) is 0 Å². The normalized spacial score (nSPS) is 22.5. The van der Waals surface area contributed by atoms with Gasteiger partial charge in [0.25, 0.3) is 10.1 Å². The van der Waals surface area contributed by atoms with Crippen molar-refractivity contribution in [2.45, 2.75) is 114 Å². The molecular weight excluding hydrogens is 1110 g/mol. The number of hydrogen-bond acceptors (Lipinski definition) is 18. The Bertz CT molecular complexity index is 3680. The van der Waals surface area contributed by atoms with Gasteiger partial charge in [-0.1, -0.05) is 55.3 Å². The maximum absolute atomic E-state index is 13.4. The van der Waals surface area contributed by atoms with Crippen molar-refractivity contribution < 1.29 is 63.5 Å². The number of nitrogen functional groups attached to an aromatic ring is 1. The van der Waals surface area contributed by atoms with Crippen LogP contribution in [0.4, 0.5) is 17.5 Å². The number of phosphoric ester groups is 1. The third-order valence-corrected chi connectivity index (χ3v) is 17.8. The smallest absolute Gasteiger partial charge is 0.472 e. The van der Waals surface area contributed by atoms with Gasteiger partial charge in [-0.05, 0) is 101 Å². The average molecular weight is 1170 g/mol. The Labute approximate surface area is 470 Å². The number of fused-ring (bicyclic) bond motifs is 4. The van der Waals surface area contributed by atoms with Gasteiger partial charge in [-0.3, -0.25) is 23.0 Å². The highest BCUT2D eigenvalue weighted by molar-refractivity contribution is 7.86. The van der Waals surface area contributed by atoms with Crippen molar-refractivity contribution in [3.63, 3.8) is 0 Å². The van der Waals surface area contributed by atoms with E-state index in [4.69, 9.17) is 23.9 Å². The number of hydrogen-bond donors (Lipinski definition) is 6. The zero-order valence-corrected chi connectivity index (χ0v) is 48.0. The van der Waals surface area contributed by atoms with Crippen LogP contribution in [0.2, 0.25) is 0 Å². The van der Waals surface area contributed by atoms with Crippen molar-refractivity contribution in [1.82, 2.24) is 29.4 Å². The Morgan fingerprint density at radius 1 is 1.00 bits per heavy atom. The van der Waals surface area contributed by atoms with Crippen LogP contribution in [0.15, 0.2) is 100 Å². The Hall–Kier alpha value is -6.38. The number of aliphatic hydroxyl groups excluding tert-OH is 1. The molecule has 6 heterocycles. The lowest BCUT2D eigenvalue weighted by atomic mass is 9.77. The molecule has 0 radical (unpaired) electrons. The second-order valence-corrected chi connectivity index (χ2v) is 24.9. The number of anilines is 3. The van der Waals surface area contributed by atoms with Crippen molar-refractivity contribution in [3.05, 3.63) is 113 Å². The van der Waals surface area contributed by atoms with E-state index >= 15 is 0 Å². The highest BCUT2D eigenvalue weighted by Gasteiger charge is 2.53. The molecule has 1 aliphatic carbocycles. The predicted octanol–water partition coefficient (Wildman–Crippen LogP) is 6.48. The molecule has 9 rings (SSSR count). The van der Waals surface area contributed by atoms with E-state index in [-0.39, 0.29) is 59.7 Å². The van der Waals surface area contributed by atoms with Crippen LogP contribution in [0.3, 0.4) is 0 Å². The lowest BCUT2D eigenvalue weighted by Crippen LogP contribution is -2.39. The Morgan fingerprint density at radius 2 is 1.75 bits per heavy atom. The minimum atomic E-state index is -4.65. The lowest BCUT2D eigenvalue weighted by Gasteiger charge is -2.30. The number of carbonyl (C=O) groups is 1. The predicted molar refractivity (Wildman–Crippen MR) is 303 cm³/mol. The topological polar surface area (TPSA) is 327 Å². The van der Waals surface area contributed by atoms with Crippen LogP contribution in [-0.4, -0.2) is 125 Å². The number of rotatable bonds is 23. The Balaban J connectivity index is 0.881. The summed E-state index contributed by atoms with van der Waals surface area (Å²) in [5, 5.41) is 18.5. The number of phosphoric acid groups is 1. The van der Waals surface area contributed by atoms with Gasteiger partial charge in [0.15, 0.2) is 23.2 Å². The number of nitrogens with zero attached hydrogens (tertiary/aromatic N) is 6. The van der Waals surface area contributed by atoms with Crippen LogP contribution in [0.1, 0.15) is 95.1 Å². The Kier molecular flexibility index (Phi) is 18.0. The van der Waals surface area contributed by atoms with Gasteiger partial charge in [0, 0.05) is 71.4 Å². The molecule has 4 aromatic rings. The molecule has 2 fully saturated rings. The van der Waals surface area contributed by atoms with Crippen molar-refractivity contribution in [2.75, 3.05) is 61.0 Å². The highest BCUT2D eigenvalue weighted by atomic mass is 32.2. The number of ether oxygens (including phenoxy) is 1. The summed E-state index contributed by atoms with van der Waals surface area (Å²) >= 11 is 0. The fraction of sp³-hybridized carbons (Fsp3) is 0.436. The fourth-order valence-electron chi connectivity index (χ4n) is 11.1. The van der Waals surface area contributed by atoms with Crippen LogP contribution < -0.4 is 31.2 Å². The molecule has 0 spiro atoms. The van der Waals surface area contributed by atoms with Gasteiger partial charge >= 0.3 is 7.82 Å². The van der Waals surface area contributed by atoms with E-state index < -0.39 is 63.8 Å². The summed E-state index contributed by atoms with van der Waals surface area (Å²) in [6.07, 6.45) is 6.34. The largest absolute Gasteiger partial charge is 0.748 e. The second-order valence-electron chi connectivity index (χ2n) is 20.5. The summed E-state index contributed by atoms with van der Waals surface area (Å²) in [5.74, 6) is 0.967. The minimum Gasteiger partial charge on any atom is -0.748 e. The monoisotopic (exact) mass is 1170 g/mol. The van der Waals surface area contributed by atoms with Gasteiger partial charge in [-0.2, -0.15) is 8.42 Å². The molecular formula is C55H68N9O14PS2. The SMILES string of the molecule is CC[N+](CC)=c1ccc2c(/C=C/C=C3\N(CCCS(=O)(=O)[O-])c4ccc(S(=O)(=O)O)cc4C3(C)CCCC(=O)NCCCCCCNc3nc4c(N)ncnc4n3[C@@H]3O[C@@H]4COP(=O)(O)O[C@H]4[C@H]3O)c(C)c(-c3ccccc3)oc-2c1. The molecule has 23 nitrogen and oxygen atoms in total. The van der Waals surface area contributed by atoms with E-state index in [1.54, 1.807) is 6.07 Å². The molecule has 81 heavy (non-hydrogen) atoms. The van der Waals surface area contributed by atoms with Crippen molar-refractivity contribution in [1.29, 1.82) is 0 Å². The van der Waals surface area contributed by atoms with Gasteiger partial charge in [0.1, 0.15) is 49.2 Å². The second kappa shape index (κ2) is 24.6. The van der Waals surface area contributed by atoms with Crippen LogP contribution in [-0.2, 0) is 48.8 Å². The number of aliphatic hydroxyl groups is 1. The van der Waals surface area contributed by atoms with Gasteiger partial charge < -0.3 is 45.0 Å². The number of imidazole rings is 1. The van der Waals surface area contributed by atoms with E-state index in [1.165, 1.54) is 23.0 Å². The standard InChI is InChI=1S/C55H68N9O14PS2/c1-5-62(6-2)37-22-24-40-39(35(3)49(76-43(40)31-37)36-17-10-9-11-18-36)19-14-20-45-55(4,41-32-38(81(72,73)74)23-25-42(41)63(45)29-16-30-80(69,70)71)26-15-21-46(65)57-27-12-7-8-13-28-58-54-61-47-51(56)59-34-60-52(47)64(54)53-48(66)50-44(77-53)33-75-79(67,68)78-50/h9-11,14,17-20,22-25,31-32,34,44,48,50,53,66H,5-8,12-13,15-16,21,26-30,33H2,1-4H3,(H6-,56,57,58,59,60,61,65,67,68,69,70,71,72,73,74)/t44-,48-,50-,53-,55?/m1/s1. The van der Waals surface area contributed by atoms with E-state index in [9.17, 15) is 45.3 Å². The fourth-order valence-corrected chi connectivity index (χ4v) is 13.0. The van der Waals surface area contributed by atoms with Crippen LogP contribution in [0.5, 0.6) is 0 Å². The molecule has 6 atom stereocenters. The van der Waals surface area contributed by atoms with E-state index in [0.29, 0.717) is 67.2 Å². The number of nitrogens with one attached hydrogen (secondary N) is 2. The number of carbonyl (C=O) groups excluding carboxylic acids is 1. The highest BCUT2D eigenvalue weighted by Crippen LogP contribution is 2.54. The van der Waals surface area contributed by atoms with Gasteiger partial charge in [0.2, 0.25) is 17.2 Å². The van der Waals surface area contributed by atoms with E-state index in [2.05, 4.69) is 50.1 Å². The number of unbranched alkanes of at least 4 members (excludes halogenated alkanes) is 3. The molecule has 1 amide bonds. The number of allylic oxidation sites excluding steroid dienone is 3. The molecule has 2 saturated heterocycles. The maximum Gasteiger partial charge on any atom is 0.472 e. The molecule has 0 saturated carbocycles. The number of benzene rings is 3. The molecule has 5 aliphatic rings. The third kappa shape index (κ3) is 13.1. The molecule has 0 bridgehead atoms. The quantitative estimate of drug-likeness (QED) is 0.0173. The molecule has 2 aromatic carbocycles. The maximum atomic E-state index is 13.4. The lowest BCUT2D eigenvalue weighted by molar-refractivity contribution is -0.121. The first-order valence-electron chi connectivity index (χ1n) is 27.0. The van der Waals surface area contributed by atoms with E-state index in [0.717, 1.165) is 53.5 Å². The van der Waals surface area contributed by atoms with Gasteiger partial charge in [0.05, 0.1) is 27.7 Å². The first kappa shape index (κ1) is 59.2. The van der Waals surface area contributed by atoms with Gasteiger partial charge in [-0.15, -0.1) is 0 Å². The third-order valence-electron chi connectivity index (χ3n) is 15.2. The first-order valence-corrected chi connectivity index (χ1v) is 31.5. The molecule has 26 heteroatoms. The summed E-state index contributed by atoms with van der Waals surface area (Å²) in [5.41, 5.74) is 11.1. The number of aromatic nitrogens is 4. The summed E-state index contributed by atoms with van der Waals surface area (Å²) in [7, 11) is -13.6.